The largest absolute Gasteiger partial charge is 0.392 e. The van der Waals surface area contributed by atoms with Crippen LogP contribution in [0.25, 0.3) is 0 Å². The SMILES string of the molecule is CS(=O)(=O)N1CCCCC1C(N)=S. The lowest BCUT2D eigenvalue weighted by atomic mass is 10.1. The highest BCUT2D eigenvalue weighted by Gasteiger charge is 2.30. The first-order chi connectivity index (χ1) is 5.93. The van der Waals surface area contributed by atoms with Gasteiger partial charge in [0.05, 0.1) is 17.3 Å². The van der Waals surface area contributed by atoms with Crippen LogP contribution in [0, 0.1) is 0 Å². The highest BCUT2D eigenvalue weighted by molar-refractivity contribution is 7.88. The number of thiocarbonyl (C=S) groups is 1. The standard InChI is InChI=1S/C7H14N2O2S2/c1-13(10,11)9-5-3-2-4-6(9)7(8)12/h6H,2-5H2,1H3,(H2,8,12). The molecule has 0 aliphatic carbocycles. The van der Waals surface area contributed by atoms with Gasteiger partial charge in [-0.25, -0.2) is 8.42 Å². The molecule has 0 aromatic carbocycles. The summed E-state index contributed by atoms with van der Waals surface area (Å²) in [6.07, 6.45) is 3.84. The van der Waals surface area contributed by atoms with Crippen molar-refractivity contribution in [2.75, 3.05) is 12.8 Å². The van der Waals surface area contributed by atoms with E-state index in [0.29, 0.717) is 6.54 Å². The second-order valence-electron chi connectivity index (χ2n) is 3.29. The fraction of sp³-hybridized carbons (Fsp3) is 0.857. The molecule has 0 radical (unpaired) electrons. The van der Waals surface area contributed by atoms with E-state index in [4.69, 9.17) is 18.0 Å². The molecular weight excluding hydrogens is 208 g/mol. The van der Waals surface area contributed by atoms with Crippen molar-refractivity contribution in [1.82, 2.24) is 4.31 Å². The van der Waals surface area contributed by atoms with Gasteiger partial charge in [-0.2, -0.15) is 4.31 Å². The van der Waals surface area contributed by atoms with Crippen LogP contribution in [0.2, 0.25) is 0 Å². The molecule has 1 rings (SSSR count). The molecule has 1 heterocycles. The number of hydrogen-bond acceptors (Lipinski definition) is 3. The minimum atomic E-state index is -3.15. The first-order valence-electron chi connectivity index (χ1n) is 4.19. The Kier molecular flexibility index (Phi) is 3.26. The average molecular weight is 222 g/mol. The maximum absolute atomic E-state index is 11.3. The third kappa shape index (κ3) is 2.62. The highest BCUT2D eigenvalue weighted by Crippen LogP contribution is 2.19. The van der Waals surface area contributed by atoms with E-state index < -0.39 is 10.0 Å². The summed E-state index contributed by atoms with van der Waals surface area (Å²) in [4.78, 5) is 0.283. The Hall–Kier alpha value is -0.200. The molecule has 1 atom stereocenters. The van der Waals surface area contributed by atoms with Crippen LogP contribution in [-0.2, 0) is 10.0 Å². The van der Waals surface area contributed by atoms with Crippen molar-refractivity contribution in [3.8, 4) is 0 Å². The molecule has 1 aliphatic heterocycles. The predicted molar refractivity (Wildman–Crippen MR) is 56.0 cm³/mol. The number of rotatable bonds is 2. The third-order valence-electron chi connectivity index (χ3n) is 2.21. The van der Waals surface area contributed by atoms with Crippen molar-refractivity contribution in [1.29, 1.82) is 0 Å². The zero-order chi connectivity index (χ0) is 10.1. The molecule has 0 spiro atoms. The van der Waals surface area contributed by atoms with Crippen molar-refractivity contribution in [3.05, 3.63) is 0 Å². The number of hydrogen-bond donors (Lipinski definition) is 1. The molecule has 0 amide bonds. The van der Waals surface area contributed by atoms with Gasteiger partial charge in [-0.3, -0.25) is 0 Å². The second-order valence-corrected chi connectivity index (χ2v) is 5.69. The molecule has 0 aromatic heterocycles. The number of nitrogens with zero attached hydrogens (tertiary/aromatic N) is 1. The van der Waals surface area contributed by atoms with Crippen LogP contribution in [0.15, 0.2) is 0 Å². The summed E-state index contributed by atoms with van der Waals surface area (Å²) in [5, 5.41) is 0. The topological polar surface area (TPSA) is 63.4 Å². The molecule has 1 unspecified atom stereocenters. The van der Waals surface area contributed by atoms with Gasteiger partial charge in [0, 0.05) is 6.54 Å². The first-order valence-corrected chi connectivity index (χ1v) is 6.44. The molecule has 2 N–H and O–H groups in total. The fourth-order valence-electron chi connectivity index (χ4n) is 1.59. The van der Waals surface area contributed by atoms with Crippen LogP contribution in [0.4, 0.5) is 0 Å². The average Bonchev–Trinajstić information content (AvgIpc) is 2.03. The molecular formula is C7H14N2O2S2. The van der Waals surface area contributed by atoms with Gasteiger partial charge in [0.1, 0.15) is 0 Å². The maximum Gasteiger partial charge on any atom is 0.211 e. The Bertz CT molecular complexity index is 300. The smallest absolute Gasteiger partial charge is 0.211 e. The van der Waals surface area contributed by atoms with Crippen LogP contribution in [-0.4, -0.2) is 36.6 Å². The van der Waals surface area contributed by atoms with Gasteiger partial charge in [-0.05, 0) is 12.8 Å². The number of sulfonamides is 1. The van der Waals surface area contributed by atoms with Gasteiger partial charge in [-0.1, -0.05) is 18.6 Å². The monoisotopic (exact) mass is 222 g/mol. The highest BCUT2D eigenvalue weighted by atomic mass is 32.2. The molecule has 0 bridgehead atoms. The summed E-state index contributed by atoms with van der Waals surface area (Å²) in [6.45, 7) is 0.543. The maximum atomic E-state index is 11.3. The summed E-state index contributed by atoms with van der Waals surface area (Å²) >= 11 is 4.83. The first kappa shape index (κ1) is 10.9. The fourth-order valence-corrected chi connectivity index (χ4v) is 3.04. The van der Waals surface area contributed by atoms with Crippen molar-refractivity contribution in [3.63, 3.8) is 0 Å². The lowest BCUT2D eigenvalue weighted by molar-refractivity contribution is 0.308. The van der Waals surface area contributed by atoms with Crippen molar-refractivity contribution in [2.45, 2.75) is 25.3 Å². The molecule has 1 saturated heterocycles. The zero-order valence-electron chi connectivity index (χ0n) is 7.56. The summed E-state index contributed by atoms with van der Waals surface area (Å²) in [5.41, 5.74) is 5.48. The predicted octanol–water partition coefficient (Wildman–Crippen LogP) is 0.0866. The lowest BCUT2D eigenvalue weighted by Gasteiger charge is -2.32. The van der Waals surface area contributed by atoms with E-state index in [1.54, 1.807) is 0 Å². The van der Waals surface area contributed by atoms with E-state index in [-0.39, 0.29) is 11.0 Å². The van der Waals surface area contributed by atoms with Crippen LogP contribution in [0.3, 0.4) is 0 Å². The van der Waals surface area contributed by atoms with E-state index in [9.17, 15) is 8.42 Å². The summed E-state index contributed by atoms with van der Waals surface area (Å²) in [5.74, 6) is 0. The Morgan fingerprint density at radius 3 is 2.54 bits per heavy atom. The lowest BCUT2D eigenvalue weighted by Crippen LogP contribution is -2.49. The Morgan fingerprint density at radius 2 is 2.15 bits per heavy atom. The van der Waals surface area contributed by atoms with Gasteiger partial charge in [-0.15, -0.1) is 0 Å². The van der Waals surface area contributed by atoms with E-state index >= 15 is 0 Å². The third-order valence-corrected chi connectivity index (χ3v) is 3.77. The Morgan fingerprint density at radius 1 is 1.54 bits per heavy atom. The van der Waals surface area contributed by atoms with Gasteiger partial charge >= 0.3 is 0 Å². The van der Waals surface area contributed by atoms with Crippen LogP contribution >= 0.6 is 12.2 Å². The Labute approximate surface area is 84.1 Å². The molecule has 0 aromatic rings. The van der Waals surface area contributed by atoms with Crippen molar-refractivity contribution in [2.24, 2.45) is 5.73 Å². The van der Waals surface area contributed by atoms with Gasteiger partial charge < -0.3 is 5.73 Å². The molecule has 4 nitrogen and oxygen atoms in total. The summed E-state index contributed by atoms with van der Waals surface area (Å²) in [7, 11) is -3.15. The van der Waals surface area contributed by atoms with E-state index in [2.05, 4.69) is 0 Å². The number of piperidine rings is 1. The van der Waals surface area contributed by atoms with Crippen LogP contribution in [0.5, 0.6) is 0 Å². The van der Waals surface area contributed by atoms with Gasteiger partial charge in [0.15, 0.2) is 0 Å². The second kappa shape index (κ2) is 3.89. The normalized spacial score (nSPS) is 25.8. The minimum absolute atomic E-state index is 0.265. The van der Waals surface area contributed by atoms with Crippen LogP contribution in [0.1, 0.15) is 19.3 Å². The van der Waals surface area contributed by atoms with E-state index in [1.807, 2.05) is 0 Å². The zero-order valence-corrected chi connectivity index (χ0v) is 9.20. The molecule has 76 valence electrons. The molecule has 13 heavy (non-hydrogen) atoms. The minimum Gasteiger partial charge on any atom is -0.392 e. The van der Waals surface area contributed by atoms with E-state index in [0.717, 1.165) is 19.3 Å². The number of nitrogens with two attached hydrogens (primary N) is 1. The molecule has 6 heteroatoms. The molecule has 1 fully saturated rings. The Balaban J connectivity index is 2.86. The van der Waals surface area contributed by atoms with Crippen molar-refractivity contribution >= 4 is 27.2 Å². The molecule has 1 aliphatic rings. The van der Waals surface area contributed by atoms with Gasteiger partial charge in [0.2, 0.25) is 10.0 Å². The summed E-state index contributed by atoms with van der Waals surface area (Å²) < 4.78 is 24.0. The quantitative estimate of drug-likeness (QED) is 0.672. The molecule has 0 saturated carbocycles. The van der Waals surface area contributed by atoms with Crippen LogP contribution < -0.4 is 5.73 Å². The van der Waals surface area contributed by atoms with Crippen molar-refractivity contribution < 1.29 is 8.42 Å². The van der Waals surface area contributed by atoms with E-state index in [1.165, 1.54) is 10.6 Å². The van der Waals surface area contributed by atoms with Gasteiger partial charge in [0.25, 0.3) is 0 Å². The summed E-state index contributed by atoms with van der Waals surface area (Å²) in [6, 6.07) is -0.265.